The fourth-order valence-electron chi connectivity index (χ4n) is 2.36. The van der Waals surface area contributed by atoms with Crippen molar-refractivity contribution >= 4 is 17.5 Å². The number of aryl methyl sites for hydroxylation is 3. The highest BCUT2D eigenvalue weighted by atomic mass is 16.3. The van der Waals surface area contributed by atoms with E-state index in [9.17, 15) is 9.59 Å². The minimum Gasteiger partial charge on any atom is -0.467 e. The molecule has 3 aromatic heterocycles. The SMILES string of the molecule is CCn1cc(NC(=O)c2cc(C)n(C)n2)c(C(=O)NCc2ccco2)n1. The Morgan fingerprint density at radius 2 is 2.08 bits per heavy atom. The summed E-state index contributed by atoms with van der Waals surface area (Å²) in [7, 11) is 1.76. The lowest BCUT2D eigenvalue weighted by Gasteiger charge is -2.04. The van der Waals surface area contributed by atoms with Crippen LogP contribution in [0.4, 0.5) is 5.69 Å². The minimum atomic E-state index is -0.402. The largest absolute Gasteiger partial charge is 0.467 e. The minimum absolute atomic E-state index is 0.138. The van der Waals surface area contributed by atoms with E-state index in [1.54, 1.807) is 40.8 Å². The van der Waals surface area contributed by atoms with Gasteiger partial charge < -0.3 is 15.1 Å². The van der Waals surface area contributed by atoms with Gasteiger partial charge in [-0.3, -0.25) is 19.0 Å². The fourth-order valence-corrected chi connectivity index (χ4v) is 2.36. The Bertz CT molecular complexity index is 903. The molecule has 0 atom stereocenters. The number of carbonyl (C=O) groups excluding carboxylic acids is 2. The molecule has 9 heteroatoms. The molecule has 136 valence electrons. The first-order valence-electron chi connectivity index (χ1n) is 8.18. The quantitative estimate of drug-likeness (QED) is 0.699. The molecule has 26 heavy (non-hydrogen) atoms. The van der Waals surface area contributed by atoms with Crippen LogP contribution in [0.3, 0.4) is 0 Å². The zero-order valence-electron chi connectivity index (χ0n) is 14.8. The maximum atomic E-state index is 12.5. The van der Waals surface area contributed by atoms with Crippen molar-refractivity contribution in [2.24, 2.45) is 7.05 Å². The number of anilines is 1. The predicted molar refractivity (Wildman–Crippen MR) is 93.7 cm³/mol. The van der Waals surface area contributed by atoms with Crippen molar-refractivity contribution in [3.8, 4) is 0 Å². The molecule has 0 bridgehead atoms. The zero-order valence-corrected chi connectivity index (χ0v) is 14.8. The molecule has 0 fully saturated rings. The third-order valence-electron chi connectivity index (χ3n) is 3.90. The molecule has 0 saturated heterocycles. The summed E-state index contributed by atoms with van der Waals surface area (Å²) in [6.45, 7) is 4.55. The van der Waals surface area contributed by atoms with E-state index in [1.165, 1.54) is 6.26 Å². The standard InChI is InChI=1S/C17H20N6O3/c1-4-23-10-14(19-16(24)13-8-11(2)22(3)20-13)15(21-23)17(25)18-9-12-6-5-7-26-12/h5-8,10H,4,9H2,1-3H3,(H,18,25)(H,19,24). The highest BCUT2D eigenvalue weighted by Crippen LogP contribution is 2.16. The van der Waals surface area contributed by atoms with Gasteiger partial charge in [0.1, 0.15) is 5.76 Å². The Morgan fingerprint density at radius 3 is 2.69 bits per heavy atom. The van der Waals surface area contributed by atoms with E-state index < -0.39 is 11.8 Å². The van der Waals surface area contributed by atoms with Crippen LogP contribution < -0.4 is 10.6 Å². The lowest BCUT2D eigenvalue weighted by atomic mass is 10.3. The first kappa shape index (κ1) is 17.5. The van der Waals surface area contributed by atoms with Crippen LogP contribution in [0, 0.1) is 6.92 Å². The molecule has 0 saturated carbocycles. The molecule has 0 aliphatic heterocycles. The number of aromatic nitrogens is 4. The molecular formula is C17H20N6O3. The highest BCUT2D eigenvalue weighted by Gasteiger charge is 2.20. The molecule has 3 rings (SSSR count). The number of nitrogens with zero attached hydrogens (tertiary/aromatic N) is 4. The van der Waals surface area contributed by atoms with Crippen LogP contribution in [0.15, 0.2) is 35.1 Å². The van der Waals surface area contributed by atoms with Gasteiger partial charge in [-0.25, -0.2) is 0 Å². The lowest BCUT2D eigenvalue weighted by Crippen LogP contribution is -2.25. The third kappa shape index (κ3) is 3.66. The first-order chi connectivity index (χ1) is 12.5. The Labute approximate surface area is 150 Å². The number of hydrogen-bond donors (Lipinski definition) is 2. The van der Waals surface area contributed by atoms with Crippen molar-refractivity contribution in [2.75, 3.05) is 5.32 Å². The van der Waals surface area contributed by atoms with Crippen LogP contribution in [0.25, 0.3) is 0 Å². The van der Waals surface area contributed by atoms with Crippen molar-refractivity contribution in [2.45, 2.75) is 26.9 Å². The number of furan rings is 1. The molecule has 0 aliphatic rings. The topological polar surface area (TPSA) is 107 Å². The molecule has 0 aromatic carbocycles. The Hall–Kier alpha value is -3.36. The van der Waals surface area contributed by atoms with Crippen LogP contribution in [-0.4, -0.2) is 31.4 Å². The summed E-state index contributed by atoms with van der Waals surface area (Å²) in [6, 6.07) is 5.18. The van der Waals surface area contributed by atoms with E-state index in [0.29, 0.717) is 18.0 Å². The van der Waals surface area contributed by atoms with Crippen molar-refractivity contribution in [1.29, 1.82) is 0 Å². The van der Waals surface area contributed by atoms with Crippen LogP contribution in [0.2, 0.25) is 0 Å². The van der Waals surface area contributed by atoms with E-state index in [2.05, 4.69) is 20.8 Å². The molecule has 3 aromatic rings. The van der Waals surface area contributed by atoms with E-state index >= 15 is 0 Å². The van der Waals surface area contributed by atoms with Gasteiger partial charge >= 0.3 is 0 Å². The molecule has 0 spiro atoms. The summed E-state index contributed by atoms with van der Waals surface area (Å²) in [5.41, 5.74) is 1.60. The first-order valence-corrected chi connectivity index (χ1v) is 8.18. The van der Waals surface area contributed by atoms with Gasteiger partial charge in [0.05, 0.1) is 18.5 Å². The Balaban J connectivity index is 1.76. The second-order valence-electron chi connectivity index (χ2n) is 5.76. The summed E-state index contributed by atoms with van der Waals surface area (Å²) in [4.78, 5) is 24.9. The highest BCUT2D eigenvalue weighted by molar-refractivity contribution is 6.07. The van der Waals surface area contributed by atoms with Crippen LogP contribution in [-0.2, 0) is 20.1 Å². The lowest BCUT2D eigenvalue weighted by molar-refractivity contribution is 0.0943. The van der Waals surface area contributed by atoms with Gasteiger partial charge in [-0.15, -0.1) is 0 Å². The molecule has 0 radical (unpaired) electrons. The van der Waals surface area contributed by atoms with Gasteiger partial charge in [0.15, 0.2) is 11.4 Å². The van der Waals surface area contributed by atoms with E-state index in [0.717, 1.165) is 5.69 Å². The van der Waals surface area contributed by atoms with Gasteiger partial charge in [-0.05, 0) is 32.0 Å². The van der Waals surface area contributed by atoms with Crippen molar-refractivity contribution < 1.29 is 14.0 Å². The monoisotopic (exact) mass is 356 g/mol. The van der Waals surface area contributed by atoms with Crippen LogP contribution >= 0.6 is 0 Å². The molecule has 3 heterocycles. The van der Waals surface area contributed by atoms with Gasteiger partial charge in [0.2, 0.25) is 0 Å². The maximum absolute atomic E-state index is 12.5. The molecule has 9 nitrogen and oxygen atoms in total. The van der Waals surface area contributed by atoms with E-state index in [-0.39, 0.29) is 17.9 Å². The summed E-state index contributed by atoms with van der Waals surface area (Å²) >= 11 is 0. The van der Waals surface area contributed by atoms with Gasteiger partial charge in [-0.2, -0.15) is 10.2 Å². The van der Waals surface area contributed by atoms with Gasteiger partial charge in [-0.1, -0.05) is 0 Å². The summed E-state index contributed by atoms with van der Waals surface area (Å²) in [5, 5.41) is 13.8. The third-order valence-corrected chi connectivity index (χ3v) is 3.90. The van der Waals surface area contributed by atoms with Crippen molar-refractivity contribution in [3.63, 3.8) is 0 Å². The predicted octanol–water partition coefficient (Wildman–Crippen LogP) is 1.72. The molecule has 0 unspecified atom stereocenters. The number of carbonyl (C=O) groups is 2. The van der Waals surface area contributed by atoms with Crippen LogP contribution in [0.1, 0.15) is 39.4 Å². The molecule has 2 N–H and O–H groups in total. The number of rotatable bonds is 6. The van der Waals surface area contributed by atoms with Crippen molar-refractivity contribution in [3.05, 3.63) is 53.5 Å². The van der Waals surface area contributed by atoms with E-state index in [4.69, 9.17) is 4.42 Å². The van der Waals surface area contributed by atoms with Gasteiger partial charge in [0, 0.05) is 25.5 Å². The zero-order chi connectivity index (χ0) is 18.7. The van der Waals surface area contributed by atoms with Gasteiger partial charge in [0.25, 0.3) is 11.8 Å². The molecule has 0 aliphatic carbocycles. The number of amides is 2. The molecular weight excluding hydrogens is 336 g/mol. The second-order valence-corrected chi connectivity index (χ2v) is 5.76. The van der Waals surface area contributed by atoms with E-state index in [1.807, 2.05) is 13.8 Å². The Kier molecular flexibility index (Phi) is 4.87. The molecule has 2 amide bonds. The second kappa shape index (κ2) is 7.26. The van der Waals surface area contributed by atoms with Crippen molar-refractivity contribution in [1.82, 2.24) is 24.9 Å². The fraction of sp³-hybridized carbons (Fsp3) is 0.294. The summed E-state index contributed by atoms with van der Waals surface area (Å²) in [6.07, 6.45) is 3.16. The Morgan fingerprint density at radius 1 is 1.27 bits per heavy atom. The maximum Gasteiger partial charge on any atom is 0.276 e. The normalized spacial score (nSPS) is 10.7. The smallest absolute Gasteiger partial charge is 0.276 e. The average molecular weight is 356 g/mol. The number of nitrogens with one attached hydrogen (secondary N) is 2. The van der Waals surface area contributed by atoms with Crippen LogP contribution in [0.5, 0.6) is 0 Å². The summed E-state index contributed by atoms with van der Waals surface area (Å²) < 4.78 is 8.39. The average Bonchev–Trinajstić information content (AvgIpc) is 3.34. The number of hydrogen-bond acceptors (Lipinski definition) is 5. The summed E-state index contributed by atoms with van der Waals surface area (Å²) in [5.74, 6) is -0.173.